The molecule has 74 valence electrons. The average Bonchev–Trinajstić information content (AvgIpc) is 2.48. The van der Waals surface area contributed by atoms with E-state index in [1.54, 1.807) is 26.8 Å². The van der Waals surface area contributed by atoms with Gasteiger partial charge in [0.05, 0.1) is 5.56 Å². The molecule has 0 N–H and O–H groups in total. The fourth-order valence-electron chi connectivity index (χ4n) is 0.891. The topological polar surface area (TPSA) is 55.0 Å². The van der Waals surface area contributed by atoms with Gasteiger partial charge < -0.3 is 4.74 Å². The number of carbonyl (C=O) groups is 1. The molecule has 0 aliphatic rings. The Kier molecular flexibility index (Phi) is 2.61. The first-order valence-corrected chi connectivity index (χ1v) is 4.24. The number of carbonyl (C=O) groups excluding carboxylic acids is 1. The monoisotopic (exact) mass is 192 g/mol. The Labute approximate surface area is 82.7 Å². The zero-order valence-electron chi connectivity index (χ0n) is 8.44. The molecule has 1 rings (SSSR count). The number of hydrogen-bond donors (Lipinski definition) is 0. The van der Waals surface area contributed by atoms with E-state index in [0.29, 0.717) is 5.56 Å². The van der Waals surface area contributed by atoms with E-state index >= 15 is 0 Å². The molecule has 0 unspecified atom stereocenters. The first-order chi connectivity index (χ1) is 6.42. The summed E-state index contributed by atoms with van der Waals surface area (Å²) in [4.78, 5) is 11.4. The van der Waals surface area contributed by atoms with Gasteiger partial charge in [-0.25, -0.2) is 4.79 Å². The first kappa shape index (κ1) is 10.3. The molecule has 4 heteroatoms. The zero-order valence-corrected chi connectivity index (χ0v) is 8.44. The van der Waals surface area contributed by atoms with Crippen molar-refractivity contribution in [2.24, 2.45) is 0 Å². The van der Waals surface area contributed by atoms with Crippen molar-refractivity contribution in [1.82, 2.24) is 4.57 Å². The van der Waals surface area contributed by atoms with Gasteiger partial charge in [0.15, 0.2) is 0 Å². The Hall–Kier alpha value is -1.76. The number of nitrogens with zero attached hydrogens (tertiary/aromatic N) is 2. The lowest BCUT2D eigenvalue weighted by atomic mass is 10.2. The predicted molar refractivity (Wildman–Crippen MR) is 50.8 cm³/mol. The van der Waals surface area contributed by atoms with Gasteiger partial charge in [-0.05, 0) is 26.8 Å². The van der Waals surface area contributed by atoms with Gasteiger partial charge in [0.1, 0.15) is 11.7 Å². The van der Waals surface area contributed by atoms with Crippen LogP contribution in [0.25, 0.3) is 0 Å². The van der Waals surface area contributed by atoms with Gasteiger partial charge in [-0.3, -0.25) is 4.57 Å². The molecule has 0 bridgehead atoms. The fraction of sp³-hybridized carbons (Fsp3) is 0.400. The normalized spacial score (nSPS) is 10.7. The highest BCUT2D eigenvalue weighted by molar-refractivity contribution is 5.71. The third kappa shape index (κ3) is 2.63. The van der Waals surface area contributed by atoms with Crippen molar-refractivity contribution in [3.8, 4) is 6.07 Å². The van der Waals surface area contributed by atoms with Crippen molar-refractivity contribution < 1.29 is 9.53 Å². The van der Waals surface area contributed by atoms with Crippen LogP contribution in [0.2, 0.25) is 0 Å². The molecule has 1 aromatic heterocycles. The van der Waals surface area contributed by atoms with Crippen LogP contribution in [0.1, 0.15) is 26.3 Å². The molecule has 0 aliphatic heterocycles. The van der Waals surface area contributed by atoms with Crippen LogP contribution in [0.4, 0.5) is 4.79 Å². The molecule has 0 spiro atoms. The van der Waals surface area contributed by atoms with Crippen LogP contribution in [-0.4, -0.2) is 16.3 Å². The van der Waals surface area contributed by atoms with Crippen LogP contribution >= 0.6 is 0 Å². The van der Waals surface area contributed by atoms with Crippen molar-refractivity contribution in [1.29, 1.82) is 5.26 Å². The molecule has 0 saturated heterocycles. The molecule has 0 aromatic carbocycles. The van der Waals surface area contributed by atoms with E-state index in [1.165, 1.54) is 17.0 Å². The van der Waals surface area contributed by atoms with E-state index in [4.69, 9.17) is 10.00 Å². The molecule has 0 radical (unpaired) electrons. The van der Waals surface area contributed by atoms with Crippen LogP contribution in [0, 0.1) is 11.3 Å². The number of aromatic nitrogens is 1. The summed E-state index contributed by atoms with van der Waals surface area (Å²) in [6.07, 6.45) is 2.47. The molecule has 1 heterocycles. The predicted octanol–water partition coefficient (Wildman–Crippen LogP) is 2.14. The summed E-state index contributed by atoms with van der Waals surface area (Å²) in [5, 5.41) is 8.55. The maximum absolute atomic E-state index is 11.4. The van der Waals surface area contributed by atoms with Crippen molar-refractivity contribution in [2.45, 2.75) is 26.4 Å². The molecule has 0 aliphatic carbocycles. The third-order valence-electron chi connectivity index (χ3n) is 1.43. The summed E-state index contributed by atoms with van der Waals surface area (Å²) < 4.78 is 6.35. The van der Waals surface area contributed by atoms with Gasteiger partial charge in [-0.15, -0.1) is 0 Å². The maximum atomic E-state index is 11.4. The van der Waals surface area contributed by atoms with E-state index in [1.807, 2.05) is 6.07 Å². The number of nitriles is 1. The summed E-state index contributed by atoms with van der Waals surface area (Å²) >= 11 is 0. The summed E-state index contributed by atoms with van der Waals surface area (Å²) in [7, 11) is 0. The molecule has 14 heavy (non-hydrogen) atoms. The maximum Gasteiger partial charge on any atom is 0.418 e. The standard InChI is InChI=1S/C10H12N2O2/c1-10(2,3)14-9(13)12-5-4-8(6-11)7-12/h4-5,7H,1-3H3. The van der Waals surface area contributed by atoms with E-state index in [9.17, 15) is 4.79 Å². The van der Waals surface area contributed by atoms with Crippen molar-refractivity contribution >= 4 is 6.09 Å². The van der Waals surface area contributed by atoms with Crippen molar-refractivity contribution in [3.63, 3.8) is 0 Å². The highest BCUT2D eigenvalue weighted by atomic mass is 16.6. The van der Waals surface area contributed by atoms with Crippen LogP contribution in [0.3, 0.4) is 0 Å². The highest BCUT2D eigenvalue weighted by Gasteiger charge is 2.17. The van der Waals surface area contributed by atoms with Gasteiger partial charge in [0.25, 0.3) is 0 Å². The van der Waals surface area contributed by atoms with E-state index in [-0.39, 0.29) is 0 Å². The molecule has 0 atom stereocenters. The zero-order chi connectivity index (χ0) is 10.8. The quantitative estimate of drug-likeness (QED) is 0.632. The lowest BCUT2D eigenvalue weighted by Gasteiger charge is -2.19. The summed E-state index contributed by atoms with van der Waals surface area (Å²) in [6, 6.07) is 3.50. The number of hydrogen-bond acceptors (Lipinski definition) is 3. The second-order valence-corrected chi connectivity index (χ2v) is 3.90. The van der Waals surface area contributed by atoms with Gasteiger partial charge in [-0.1, -0.05) is 0 Å². The molecule has 4 nitrogen and oxygen atoms in total. The van der Waals surface area contributed by atoms with E-state index in [2.05, 4.69) is 0 Å². The van der Waals surface area contributed by atoms with Gasteiger partial charge >= 0.3 is 6.09 Å². The molecule has 0 amide bonds. The largest absolute Gasteiger partial charge is 0.443 e. The van der Waals surface area contributed by atoms with Crippen LogP contribution in [0.5, 0.6) is 0 Å². The summed E-state index contributed by atoms with van der Waals surface area (Å²) in [5.74, 6) is 0. The Morgan fingerprint density at radius 2 is 2.21 bits per heavy atom. The van der Waals surface area contributed by atoms with E-state index in [0.717, 1.165) is 0 Å². The molecule has 0 fully saturated rings. The first-order valence-electron chi connectivity index (χ1n) is 4.24. The second-order valence-electron chi connectivity index (χ2n) is 3.90. The minimum Gasteiger partial charge on any atom is -0.443 e. The van der Waals surface area contributed by atoms with Crippen molar-refractivity contribution in [2.75, 3.05) is 0 Å². The highest BCUT2D eigenvalue weighted by Crippen LogP contribution is 2.09. The Morgan fingerprint density at radius 3 is 2.64 bits per heavy atom. The molecule has 0 saturated carbocycles. The Bertz CT molecular complexity index is 380. The van der Waals surface area contributed by atoms with Crippen molar-refractivity contribution in [3.05, 3.63) is 24.0 Å². The van der Waals surface area contributed by atoms with Crippen LogP contribution in [-0.2, 0) is 4.74 Å². The minimum atomic E-state index is -0.520. The number of ether oxygens (including phenoxy) is 1. The lowest BCUT2D eigenvalue weighted by Crippen LogP contribution is -2.26. The molecule has 1 aromatic rings. The third-order valence-corrected chi connectivity index (χ3v) is 1.43. The summed E-state index contributed by atoms with van der Waals surface area (Å²) in [6.45, 7) is 5.37. The number of rotatable bonds is 0. The fourth-order valence-corrected chi connectivity index (χ4v) is 0.891. The SMILES string of the molecule is CC(C)(C)OC(=O)n1ccc(C#N)c1. The summed E-state index contributed by atoms with van der Waals surface area (Å²) in [5.41, 5.74) is -0.0791. The minimum absolute atomic E-state index is 0.441. The molecular formula is C10H12N2O2. The van der Waals surface area contributed by atoms with Gasteiger partial charge in [0, 0.05) is 12.4 Å². The Morgan fingerprint density at radius 1 is 1.57 bits per heavy atom. The lowest BCUT2D eigenvalue weighted by molar-refractivity contribution is 0.0537. The molecular weight excluding hydrogens is 180 g/mol. The van der Waals surface area contributed by atoms with E-state index < -0.39 is 11.7 Å². The second kappa shape index (κ2) is 3.54. The van der Waals surface area contributed by atoms with Gasteiger partial charge in [-0.2, -0.15) is 5.26 Å². The Balaban J connectivity index is 2.76. The van der Waals surface area contributed by atoms with Gasteiger partial charge in [0.2, 0.25) is 0 Å². The smallest absolute Gasteiger partial charge is 0.418 e. The van der Waals surface area contributed by atoms with Crippen LogP contribution in [0.15, 0.2) is 18.5 Å². The average molecular weight is 192 g/mol. The van der Waals surface area contributed by atoms with Crippen LogP contribution < -0.4 is 0 Å².